The summed E-state index contributed by atoms with van der Waals surface area (Å²) in [5, 5.41) is 3.30. The topological polar surface area (TPSA) is 55.3 Å². The number of hydrogen-bond donors (Lipinski definition) is 2. The summed E-state index contributed by atoms with van der Waals surface area (Å²) < 4.78 is 0. The molecule has 3 nitrogen and oxygen atoms in total. The summed E-state index contributed by atoms with van der Waals surface area (Å²) in [5.41, 5.74) is 15.3. The highest BCUT2D eigenvalue weighted by atomic mass is 32.1. The molecule has 0 aliphatic rings. The van der Waals surface area contributed by atoms with Gasteiger partial charge in [0, 0.05) is 36.4 Å². The molecule has 0 bridgehead atoms. The minimum atomic E-state index is 0.738. The van der Waals surface area contributed by atoms with Crippen LogP contribution < -0.4 is 16.4 Å². The van der Waals surface area contributed by atoms with E-state index in [1.807, 2.05) is 32.3 Å². The standard InChI is InChI=1S/C12H15N3S/c1-15(2)12-5-8(7-16-12)10-6-9(13)3-4-11(10)14/h3-7H,13-14H2,1-2H3. The average Bonchev–Trinajstić information content (AvgIpc) is 2.70. The quantitative estimate of drug-likeness (QED) is 0.784. The van der Waals surface area contributed by atoms with Gasteiger partial charge in [0.2, 0.25) is 0 Å². The molecular weight excluding hydrogens is 218 g/mol. The minimum absolute atomic E-state index is 0.738. The molecule has 2 aromatic rings. The number of thiophene rings is 1. The van der Waals surface area contributed by atoms with Crippen molar-refractivity contribution in [3.8, 4) is 11.1 Å². The van der Waals surface area contributed by atoms with Crippen LogP contribution in [0.5, 0.6) is 0 Å². The van der Waals surface area contributed by atoms with E-state index in [2.05, 4.69) is 16.3 Å². The summed E-state index contributed by atoms with van der Waals surface area (Å²) in [7, 11) is 4.05. The van der Waals surface area contributed by atoms with Gasteiger partial charge >= 0.3 is 0 Å². The van der Waals surface area contributed by atoms with E-state index < -0.39 is 0 Å². The van der Waals surface area contributed by atoms with Gasteiger partial charge < -0.3 is 16.4 Å². The Kier molecular flexibility index (Phi) is 2.75. The van der Waals surface area contributed by atoms with E-state index in [1.165, 1.54) is 5.00 Å². The third kappa shape index (κ3) is 1.97. The first-order valence-corrected chi connectivity index (χ1v) is 5.87. The molecule has 0 radical (unpaired) electrons. The Bertz CT molecular complexity index is 503. The monoisotopic (exact) mass is 233 g/mol. The summed E-state index contributed by atoms with van der Waals surface area (Å²) in [6, 6.07) is 7.70. The van der Waals surface area contributed by atoms with Crippen LogP contribution >= 0.6 is 11.3 Å². The van der Waals surface area contributed by atoms with Crippen molar-refractivity contribution in [2.45, 2.75) is 0 Å². The molecule has 0 aliphatic carbocycles. The molecule has 0 saturated heterocycles. The molecule has 16 heavy (non-hydrogen) atoms. The predicted octanol–water partition coefficient (Wildman–Crippen LogP) is 2.65. The van der Waals surface area contributed by atoms with E-state index in [1.54, 1.807) is 11.3 Å². The van der Waals surface area contributed by atoms with Gasteiger partial charge in [0.15, 0.2) is 0 Å². The minimum Gasteiger partial charge on any atom is -0.399 e. The predicted molar refractivity (Wildman–Crippen MR) is 72.9 cm³/mol. The summed E-state index contributed by atoms with van der Waals surface area (Å²) in [6.07, 6.45) is 0. The van der Waals surface area contributed by atoms with E-state index in [4.69, 9.17) is 11.5 Å². The van der Waals surface area contributed by atoms with E-state index in [9.17, 15) is 0 Å². The fraction of sp³-hybridized carbons (Fsp3) is 0.167. The fourth-order valence-electron chi connectivity index (χ4n) is 1.52. The molecule has 1 aromatic carbocycles. The van der Waals surface area contributed by atoms with Gasteiger partial charge in [-0.05, 0) is 29.8 Å². The first-order valence-electron chi connectivity index (χ1n) is 4.99. The Morgan fingerprint density at radius 2 is 1.88 bits per heavy atom. The second kappa shape index (κ2) is 4.06. The number of nitrogens with zero attached hydrogens (tertiary/aromatic N) is 1. The summed E-state index contributed by atoms with van der Waals surface area (Å²) >= 11 is 1.70. The number of hydrogen-bond acceptors (Lipinski definition) is 4. The van der Waals surface area contributed by atoms with Crippen LogP contribution in [0.3, 0.4) is 0 Å². The van der Waals surface area contributed by atoms with Crippen LogP contribution in [0.2, 0.25) is 0 Å². The van der Waals surface area contributed by atoms with Crippen molar-refractivity contribution < 1.29 is 0 Å². The summed E-state index contributed by atoms with van der Waals surface area (Å²) in [4.78, 5) is 2.08. The molecule has 4 heteroatoms. The Hall–Kier alpha value is -1.68. The normalized spacial score (nSPS) is 10.4. The maximum Gasteiger partial charge on any atom is 0.0909 e. The van der Waals surface area contributed by atoms with Gasteiger partial charge in [-0.25, -0.2) is 0 Å². The first kappa shape index (κ1) is 10.8. The van der Waals surface area contributed by atoms with E-state index in [0.717, 1.165) is 22.5 Å². The second-order valence-corrected chi connectivity index (χ2v) is 4.80. The molecule has 1 heterocycles. The first-order chi connectivity index (χ1) is 7.58. The van der Waals surface area contributed by atoms with Crippen molar-refractivity contribution in [3.63, 3.8) is 0 Å². The molecule has 4 N–H and O–H groups in total. The van der Waals surface area contributed by atoms with Crippen molar-refractivity contribution >= 4 is 27.7 Å². The van der Waals surface area contributed by atoms with Gasteiger partial charge in [0.25, 0.3) is 0 Å². The van der Waals surface area contributed by atoms with Gasteiger partial charge in [0.05, 0.1) is 5.00 Å². The fourth-order valence-corrected chi connectivity index (χ4v) is 2.37. The van der Waals surface area contributed by atoms with Gasteiger partial charge in [0.1, 0.15) is 0 Å². The van der Waals surface area contributed by atoms with Crippen LogP contribution in [-0.4, -0.2) is 14.1 Å². The molecular formula is C12H15N3S. The number of nitrogens with two attached hydrogens (primary N) is 2. The van der Waals surface area contributed by atoms with Crippen LogP contribution in [0.4, 0.5) is 16.4 Å². The van der Waals surface area contributed by atoms with E-state index in [0.29, 0.717) is 0 Å². The Balaban J connectivity index is 2.46. The Morgan fingerprint density at radius 1 is 1.12 bits per heavy atom. The maximum absolute atomic E-state index is 5.94. The molecule has 2 rings (SSSR count). The molecule has 1 aromatic heterocycles. The van der Waals surface area contributed by atoms with Gasteiger partial charge in [-0.15, -0.1) is 11.3 Å². The maximum atomic E-state index is 5.94. The number of anilines is 3. The van der Waals surface area contributed by atoms with Crippen molar-refractivity contribution in [1.82, 2.24) is 0 Å². The lowest BCUT2D eigenvalue weighted by atomic mass is 10.1. The van der Waals surface area contributed by atoms with Crippen molar-refractivity contribution in [1.29, 1.82) is 0 Å². The van der Waals surface area contributed by atoms with Crippen molar-refractivity contribution in [3.05, 3.63) is 29.6 Å². The molecule has 0 fully saturated rings. The van der Waals surface area contributed by atoms with Crippen LogP contribution in [0.25, 0.3) is 11.1 Å². The molecule has 0 unspecified atom stereocenters. The van der Waals surface area contributed by atoms with Crippen LogP contribution in [0, 0.1) is 0 Å². The van der Waals surface area contributed by atoms with E-state index >= 15 is 0 Å². The second-order valence-electron chi connectivity index (χ2n) is 3.91. The molecule has 0 atom stereocenters. The lowest BCUT2D eigenvalue weighted by Crippen LogP contribution is -2.05. The molecule has 0 spiro atoms. The average molecular weight is 233 g/mol. The summed E-state index contributed by atoms with van der Waals surface area (Å²) in [6.45, 7) is 0. The zero-order valence-electron chi connectivity index (χ0n) is 9.40. The molecule has 84 valence electrons. The molecule has 0 amide bonds. The number of benzene rings is 1. The SMILES string of the molecule is CN(C)c1cc(-c2cc(N)ccc2N)cs1. The van der Waals surface area contributed by atoms with Gasteiger partial charge in [-0.3, -0.25) is 0 Å². The third-order valence-electron chi connectivity index (χ3n) is 2.41. The highest BCUT2D eigenvalue weighted by molar-refractivity contribution is 7.14. The van der Waals surface area contributed by atoms with Crippen molar-refractivity contribution in [2.24, 2.45) is 0 Å². The third-order valence-corrected chi connectivity index (χ3v) is 3.51. The highest BCUT2D eigenvalue weighted by Crippen LogP contribution is 2.34. The largest absolute Gasteiger partial charge is 0.399 e. The van der Waals surface area contributed by atoms with Gasteiger partial charge in [-0.1, -0.05) is 0 Å². The smallest absolute Gasteiger partial charge is 0.0909 e. The Labute approximate surface area is 99.3 Å². The molecule has 0 saturated carbocycles. The van der Waals surface area contributed by atoms with Gasteiger partial charge in [-0.2, -0.15) is 0 Å². The Morgan fingerprint density at radius 3 is 2.50 bits per heavy atom. The van der Waals surface area contributed by atoms with E-state index in [-0.39, 0.29) is 0 Å². The highest BCUT2D eigenvalue weighted by Gasteiger charge is 2.07. The lowest BCUT2D eigenvalue weighted by Gasteiger charge is -2.08. The van der Waals surface area contributed by atoms with Crippen LogP contribution in [0.15, 0.2) is 29.6 Å². The lowest BCUT2D eigenvalue weighted by molar-refractivity contribution is 1.16. The zero-order chi connectivity index (χ0) is 11.7. The molecule has 0 aliphatic heterocycles. The zero-order valence-corrected chi connectivity index (χ0v) is 10.2. The number of rotatable bonds is 2. The number of nitrogen functional groups attached to an aromatic ring is 2. The van der Waals surface area contributed by atoms with Crippen molar-refractivity contribution in [2.75, 3.05) is 30.5 Å². The van der Waals surface area contributed by atoms with Crippen LogP contribution in [-0.2, 0) is 0 Å². The van der Waals surface area contributed by atoms with Crippen LogP contribution in [0.1, 0.15) is 0 Å². The summed E-state index contributed by atoms with van der Waals surface area (Å²) in [5.74, 6) is 0.